The lowest BCUT2D eigenvalue weighted by Gasteiger charge is -2.21. The first-order chi connectivity index (χ1) is 9.78. The van der Waals surface area contributed by atoms with Crippen molar-refractivity contribution in [2.45, 2.75) is 25.3 Å². The van der Waals surface area contributed by atoms with Crippen LogP contribution in [0.25, 0.3) is 10.8 Å². The van der Waals surface area contributed by atoms with E-state index in [2.05, 4.69) is 24.3 Å². The van der Waals surface area contributed by atoms with Gasteiger partial charge in [-0.3, -0.25) is 4.79 Å². The monoisotopic (exact) mass is 287 g/mol. The summed E-state index contributed by atoms with van der Waals surface area (Å²) in [4.78, 5) is 14.3. The van der Waals surface area contributed by atoms with Crippen LogP contribution < -0.4 is 0 Å². The number of nitrogens with zero attached hydrogens (tertiary/aromatic N) is 1. The molecular weight excluding hydrogens is 270 g/mol. The van der Waals surface area contributed by atoms with E-state index in [4.69, 9.17) is 11.6 Å². The highest BCUT2D eigenvalue weighted by atomic mass is 35.5. The molecule has 1 amide bonds. The molecule has 0 spiro atoms. The molecule has 3 rings (SSSR count). The third-order valence-electron chi connectivity index (χ3n) is 3.80. The normalized spacial score (nSPS) is 14.4. The molecule has 1 aliphatic rings. The maximum atomic E-state index is 12.4. The van der Waals surface area contributed by atoms with Crippen LogP contribution in [0.2, 0.25) is 0 Å². The van der Waals surface area contributed by atoms with Gasteiger partial charge in [-0.25, -0.2) is 0 Å². The minimum atomic E-state index is 0.198. The van der Waals surface area contributed by atoms with E-state index in [0.29, 0.717) is 24.9 Å². The van der Waals surface area contributed by atoms with Crippen LogP contribution in [0.4, 0.5) is 0 Å². The Kier molecular flexibility index (Phi) is 3.93. The molecule has 104 valence electrons. The van der Waals surface area contributed by atoms with Crippen molar-refractivity contribution in [1.29, 1.82) is 0 Å². The largest absolute Gasteiger partial charge is 0.338 e. The lowest BCUT2D eigenvalue weighted by atomic mass is 10.0. The second kappa shape index (κ2) is 5.84. The van der Waals surface area contributed by atoms with E-state index in [9.17, 15) is 4.79 Å². The van der Waals surface area contributed by atoms with Gasteiger partial charge < -0.3 is 4.90 Å². The third kappa shape index (κ3) is 2.96. The number of rotatable bonds is 5. The SMILES string of the molecule is O=C(Cc1ccc2ccccc2c1)N(CCCl)C1CC1. The Morgan fingerprint density at radius 2 is 1.90 bits per heavy atom. The molecule has 2 nitrogen and oxygen atoms in total. The maximum absolute atomic E-state index is 12.4. The van der Waals surface area contributed by atoms with Gasteiger partial charge in [-0.15, -0.1) is 11.6 Å². The zero-order chi connectivity index (χ0) is 13.9. The van der Waals surface area contributed by atoms with Crippen molar-refractivity contribution in [3.05, 3.63) is 48.0 Å². The van der Waals surface area contributed by atoms with Crippen molar-refractivity contribution in [3.8, 4) is 0 Å². The van der Waals surface area contributed by atoms with Gasteiger partial charge in [0.2, 0.25) is 5.91 Å². The summed E-state index contributed by atoms with van der Waals surface area (Å²) in [7, 11) is 0. The van der Waals surface area contributed by atoms with Gasteiger partial charge in [-0.2, -0.15) is 0 Å². The number of fused-ring (bicyclic) bond motifs is 1. The van der Waals surface area contributed by atoms with Crippen molar-refractivity contribution < 1.29 is 4.79 Å². The Balaban J connectivity index is 1.76. The van der Waals surface area contributed by atoms with Gasteiger partial charge in [-0.05, 0) is 29.2 Å². The van der Waals surface area contributed by atoms with E-state index >= 15 is 0 Å². The summed E-state index contributed by atoms with van der Waals surface area (Å²) in [6.07, 6.45) is 2.72. The first-order valence-corrected chi connectivity index (χ1v) is 7.64. The summed E-state index contributed by atoms with van der Waals surface area (Å²) in [5.74, 6) is 0.711. The number of carbonyl (C=O) groups excluding carboxylic acids is 1. The lowest BCUT2D eigenvalue weighted by Crippen LogP contribution is -2.35. The summed E-state index contributed by atoms with van der Waals surface area (Å²) >= 11 is 5.80. The maximum Gasteiger partial charge on any atom is 0.227 e. The average Bonchev–Trinajstić information content (AvgIpc) is 3.29. The standard InChI is InChI=1S/C17H18ClNO/c18-9-10-19(16-7-8-16)17(20)12-13-5-6-14-3-1-2-4-15(14)11-13/h1-6,11,16H,7-10,12H2. The molecule has 0 aromatic heterocycles. The van der Waals surface area contributed by atoms with Crippen molar-refractivity contribution in [3.63, 3.8) is 0 Å². The van der Waals surface area contributed by atoms with Crippen molar-refractivity contribution in [2.75, 3.05) is 12.4 Å². The van der Waals surface area contributed by atoms with E-state index in [1.54, 1.807) is 0 Å². The molecule has 0 heterocycles. The number of carbonyl (C=O) groups is 1. The van der Waals surface area contributed by atoms with Crippen molar-refractivity contribution in [2.24, 2.45) is 0 Å². The average molecular weight is 288 g/mol. The lowest BCUT2D eigenvalue weighted by molar-refractivity contribution is -0.130. The zero-order valence-electron chi connectivity index (χ0n) is 11.4. The molecule has 0 bridgehead atoms. The van der Waals surface area contributed by atoms with Crippen LogP contribution in [0.15, 0.2) is 42.5 Å². The Morgan fingerprint density at radius 3 is 2.60 bits per heavy atom. The summed E-state index contributed by atoms with van der Waals surface area (Å²) < 4.78 is 0. The Labute approximate surface area is 124 Å². The molecule has 0 N–H and O–H groups in total. The minimum absolute atomic E-state index is 0.198. The van der Waals surface area contributed by atoms with Crippen molar-refractivity contribution >= 4 is 28.3 Å². The van der Waals surface area contributed by atoms with Crippen LogP contribution in [-0.4, -0.2) is 29.3 Å². The molecule has 0 unspecified atom stereocenters. The van der Waals surface area contributed by atoms with Gasteiger partial charge in [0.05, 0.1) is 6.42 Å². The second-order valence-corrected chi connectivity index (χ2v) is 5.74. The van der Waals surface area contributed by atoms with E-state index < -0.39 is 0 Å². The fraction of sp³-hybridized carbons (Fsp3) is 0.353. The summed E-state index contributed by atoms with van der Waals surface area (Å²) in [6, 6.07) is 14.9. The molecular formula is C17H18ClNO. The molecule has 0 saturated heterocycles. The van der Waals surface area contributed by atoms with Gasteiger partial charge in [-0.1, -0.05) is 42.5 Å². The molecule has 1 aliphatic carbocycles. The Morgan fingerprint density at radius 1 is 1.15 bits per heavy atom. The van der Waals surface area contributed by atoms with Gasteiger partial charge >= 0.3 is 0 Å². The van der Waals surface area contributed by atoms with E-state index in [0.717, 1.165) is 18.4 Å². The molecule has 2 aromatic carbocycles. The van der Waals surface area contributed by atoms with E-state index in [1.165, 1.54) is 10.8 Å². The first-order valence-electron chi connectivity index (χ1n) is 7.11. The number of hydrogen-bond donors (Lipinski definition) is 0. The fourth-order valence-corrected chi connectivity index (χ4v) is 2.80. The summed E-state index contributed by atoms with van der Waals surface area (Å²) in [5, 5.41) is 2.40. The predicted molar refractivity (Wildman–Crippen MR) is 83.1 cm³/mol. The number of amides is 1. The smallest absolute Gasteiger partial charge is 0.227 e. The number of halogens is 1. The highest BCUT2D eigenvalue weighted by Gasteiger charge is 2.31. The van der Waals surface area contributed by atoms with Gasteiger partial charge in [0.1, 0.15) is 0 Å². The van der Waals surface area contributed by atoms with Crippen LogP contribution in [0.1, 0.15) is 18.4 Å². The quantitative estimate of drug-likeness (QED) is 0.769. The third-order valence-corrected chi connectivity index (χ3v) is 3.97. The van der Waals surface area contributed by atoms with Crippen LogP contribution in [0, 0.1) is 0 Å². The molecule has 20 heavy (non-hydrogen) atoms. The predicted octanol–water partition coefficient (Wildman–Crippen LogP) is 3.61. The van der Waals surface area contributed by atoms with Crippen LogP contribution >= 0.6 is 11.6 Å². The number of benzene rings is 2. The van der Waals surface area contributed by atoms with Crippen LogP contribution in [-0.2, 0) is 11.2 Å². The number of hydrogen-bond acceptors (Lipinski definition) is 1. The van der Waals surface area contributed by atoms with Crippen LogP contribution in [0.3, 0.4) is 0 Å². The highest BCUT2D eigenvalue weighted by Crippen LogP contribution is 2.27. The van der Waals surface area contributed by atoms with E-state index in [1.807, 2.05) is 23.1 Å². The summed E-state index contributed by atoms with van der Waals surface area (Å²) in [6.45, 7) is 0.665. The first kappa shape index (κ1) is 13.4. The van der Waals surface area contributed by atoms with Gasteiger partial charge in [0.15, 0.2) is 0 Å². The molecule has 0 aliphatic heterocycles. The molecule has 2 aromatic rings. The fourth-order valence-electron chi connectivity index (χ4n) is 2.61. The van der Waals surface area contributed by atoms with Crippen LogP contribution in [0.5, 0.6) is 0 Å². The number of alkyl halides is 1. The Hall–Kier alpha value is -1.54. The Bertz CT molecular complexity index is 621. The zero-order valence-corrected chi connectivity index (χ0v) is 12.1. The molecule has 0 radical (unpaired) electrons. The van der Waals surface area contributed by atoms with E-state index in [-0.39, 0.29) is 5.91 Å². The molecule has 1 saturated carbocycles. The minimum Gasteiger partial charge on any atom is -0.338 e. The topological polar surface area (TPSA) is 20.3 Å². The second-order valence-electron chi connectivity index (χ2n) is 5.37. The summed E-state index contributed by atoms with van der Waals surface area (Å²) in [5.41, 5.74) is 1.08. The van der Waals surface area contributed by atoms with Gasteiger partial charge in [0, 0.05) is 18.5 Å². The van der Waals surface area contributed by atoms with Crippen molar-refractivity contribution in [1.82, 2.24) is 4.90 Å². The molecule has 0 atom stereocenters. The van der Waals surface area contributed by atoms with Gasteiger partial charge in [0.25, 0.3) is 0 Å². The molecule has 3 heteroatoms. The highest BCUT2D eigenvalue weighted by molar-refractivity contribution is 6.18. The molecule has 1 fully saturated rings.